The number of nitrogens with one attached hydrogen (secondary N) is 5. The fourth-order valence-corrected chi connectivity index (χ4v) is 5.29. The van der Waals surface area contributed by atoms with Crippen LogP contribution in [0.15, 0.2) is 60.9 Å². The summed E-state index contributed by atoms with van der Waals surface area (Å²) in [7, 11) is 0. The summed E-state index contributed by atoms with van der Waals surface area (Å²) < 4.78 is 0. The first-order valence-electron chi connectivity index (χ1n) is 15.0. The zero-order valence-corrected chi connectivity index (χ0v) is 25.1. The van der Waals surface area contributed by atoms with Crippen molar-refractivity contribution in [3.63, 3.8) is 0 Å². The van der Waals surface area contributed by atoms with Crippen LogP contribution in [0, 0.1) is 0 Å². The Morgan fingerprint density at radius 1 is 0.778 bits per heavy atom. The molecule has 11 N–H and O–H groups in total. The smallest absolute Gasteiger partial charge is 0.328 e. The lowest BCUT2D eigenvalue weighted by Crippen LogP contribution is -2.59. The third kappa shape index (κ3) is 8.47. The molecule has 5 atom stereocenters. The monoisotopic (exact) mass is 619 g/mol. The van der Waals surface area contributed by atoms with E-state index >= 15 is 0 Å². The first-order valence-corrected chi connectivity index (χ1v) is 15.0. The number of hydrogen-bond donors (Lipinski definition) is 9. The van der Waals surface area contributed by atoms with Gasteiger partial charge in [0.2, 0.25) is 17.7 Å². The summed E-state index contributed by atoms with van der Waals surface area (Å²) in [5.74, 6) is -3.42. The van der Waals surface area contributed by atoms with Gasteiger partial charge in [-0.25, -0.2) is 4.79 Å². The number of carboxylic acids is 1. The summed E-state index contributed by atoms with van der Waals surface area (Å²) in [6.45, 7) is 1.72. The summed E-state index contributed by atoms with van der Waals surface area (Å²) in [5.41, 5.74) is 14.8. The normalized spacial score (nSPS) is 14.8. The molecule has 2 aromatic heterocycles. The Morgan fingerprint density at radius 3 is 1.76 bits per heavy atom. The van der Waals surface area contributed by atoms with E-state index in [1.54, 1.807) is 12.4 Å². The minimum Gasteiger partial charge on any atom is -0.480 e. The van der Waals surface area contributed by atoms with Gasteiger partial charge in [0.05, 0.1) is 12.1 Å². The van der Waals surface area contributed by atoms with Crippen LogP contribution in [-0.4, -0.2) is 80.7 Å². The highest BCUT2D eigenvalue weighted by atomic mass is 16.4. The van der Waals surface area contributed by atoms with E-state index in [4.69, 9.17) is 11.5 Å². The predicted molar refractivity (Wildman–Crippen MR) is 170 cm³/mol. The van der Waals surface area contributed by atoms with Gasteiger partial charge >= 0.3 is 5.97 Å². The van der Waals surface area contributed by atoms with Crippen LogP contribution < -0.4 is 27.4 Å². The molecule has 0 spiro atoms. The zero-order chi connectivity index (χ0) is 32.5. The van der Waals surface area contributed by atoms with Gasteiger partial charge in [-0.3, -0.25) is 14.4 Å². The highest BCUT2D eigenvalue weighted by Gasteiger charge is 2.33. The molecule has 0 bridgehead atoms. The molecule has 0 aliphatic rings. The predicted octanol–water partition coefficient (Wildman–Crippen LogP) is 0.811. The Kier molecular flexibility index (Phi) is 11.3. The van der Waals surface area contributed by atoms with E-state index in [2.05, 4.69) is 25.9 Å². The van der Waals surface area contributed by atoms with Gasteiger partial charge in [0.15, 0.2) is 6.04 Å². The van der Waals surface area contributed by atoms with Crippen molar-refractivity contribution in [3.05, 3.63) is 72.1 Å². The number of H-pyrrole nitrogens is 2. The number of rotatable bonds is 16. The minimum absolute atomic E-state index is 0.0000890. The fraction of sp³-hybridized carbons (Fsp3) is 0.375. The van der Waals surface area contributed by atoms with E-state index in [1.165, 1.54) is 6.92 Å². The standard InChI is InChI=1S/C32H41N7O6/c1-18(40)28(32(44)45)39-31(43)27(15-20-17-36-25-12-5-3-9-22(20)25)38-30(42)26(37-29(41)23(34)10-6-7-13-33)14-19-16-35-24-11-4-2-8-21(19)24/h2-5,8-9,11-12,16-18,23,26-28,35-36,40H,6-7,10,13-15,33-34H2,1H3,(H,37,41)(H,38,42)(H,39,43)(H,44,45). The molecule has 0 saturated carbocycles. The number of unbranched alkanes of at least 4 members (excludes halogenated alkanes) is 1. The quantitative estimate of drug-likeness (QED) is 0.0813. The number of nitrogens with two attached hydrogens (primary N) is 2. The van der Waals surface area contributed by atoms with Gasteiger partial charge in [-0.05, 0) is 49.6 Å². The number of aliphatic hydroxyl groups is 1. The Morgan fingerprint density at radius 2 is 1.27 bits per heavy atom. The number of carbonyl (C=O) groups excluding carboxylic acids is 3. The van der Waals surface area contributed by atoms with E-state index in [0.717, 1.165) is 27.4 Å². The minimum atomic E-state index is -1.60. The molecule has 0 aliphatic carbocycles. The lowest BCUT2D eigenvalue weighted by molar-refractivity contribution is -0.145. The van der Waals surface area contributed by atoms with Crippen LogP contribution in [0.4, 0.5) is 0 Å². The van der Waals surface area contributed by atoms with Crippen LogP contribution >= 0.6 is 0 Å². The van der Waals surface area contributed by atoms with E-state index < -0.39 is 54.0 Å². The van der Waals surface area contributed by atoms with Gasteiger partial charge in [-0.1, -0.05) is 42.8 Å². The maximum absolute atomic E-state index is 13.9. The number of aromatic nitrogens is 2. The number of aromatic amines is 2. The Balaban J connectivity index is 1.62. The largest absolute Gasteiger partial charge is 0.480 e. The first-order chi connectivity index (χ1) is 21.6. The average Bonchev–Trinajstić information content (AvgIpc) is 3.62. The number of benzene rings is 2. The third-order valence-electron chi connectivity index (χ3n) is 7.82. The summed E-state index contributed by atoms with van der Waals surface area (Å²) in [4.78, 5) is 58.6. The van der Waals surface area contributed by atoms with Crippen LogP contribution in [-0.2, 0) is 32.0 Å². The summed E-state index contributed by atoms with van der Waals surface area (Å²) in [6, 6.07) is 10.1. The second-order valence-corrected chi connectivity index (χ2v) is 11.2. The number of amides is 3. The molecule has 13 nitrogen and oxygen atoms in total. The van der Waals surface area contributed by atoms with Gasteiger partial charge in [0.25, 0.3) is 0 Å². The van der Waals surface area contributed by atoms with Crippen LogP contribution in [0.5, 0.6) is 0 Å². The van der Waals surface area contributed by atoms with Gasteiger partial charge in [-0.15, -0.1) is 0 Å². The van der Waals surface area contributed by atoms with Crippen molar-refractivity contribution < 1.29 is 29.4 Å². The topological polar surface area (TPSA) is 228 Å². The molecular formula is C32H41N7O6. The maximum atomic E-state index is 13.9. The molecule has 13 heteroatoms. The molecule has 0 aliphatic heterocycles. The Labute approximate surface area is 260 Å². The number of para-hydroxylation sites is 2. The Bertz CT molecular complexity index is 1630. The molecule has 2 aromatic carbocycles. The average molecular weight is 620 g/mol. The van der Waals surface area contributed by atoms with Crippen LogP contribution in [0.3, 0.4) is 0 Å². The van der Waals surface area contributed by atoms with Gasteiger partial charge in [0.1, 0.15) is 12.1 Å². The molecule has 0 fully saturated rings. The van der Waals surface area contributed by atoms with Crippen molar-refractivity contribution in [2.75, 3.05) is 6.54 Å². The molecule has 240 valence electrons. The third-order valence-corrected chi connectivity index (χ3v) is 7.82. The summed E-state index contributed by atoms with van der Waals surface area (Å²) in [6.07, 6.45) is 3.89. The second-order valence-electron chi connectivity index (χ2n) is 11.2. The number of hydrogen-bond acceptors (Lipinski definition) is 7. The van der Waals surface area contributed by atoms with Gasteiger partial charge in [-0.2, -0.15) is 0 Å². The molecule has 5 unspecified atom stereocenters. The van der Waals surface area contributed by atoms with Crippen molar-refractivity contribution in [1.29, 1.82) is 0 Å². The van der Waals surface area contributed by atoms with Crippen molar-refractivity contribution in [3.8, 4) is 0 Å². The molecule has 0 radical (unpaired) electrons. The van der Waals surface area contributed by atoms with Crippen molar-refractivity contribution in [2.45, 2.75) is 69.3 Å². The molecule has 3 amide bonds. The highest BCUT2D eigenvalue weighted by molar-refractivity contribution is 5.95. The van der Waals surface area contributed by atoms with Crippen LogP contribution in [0.25, 0.3) is 21.8 Å². The number of carbonyl (C=O) groups is 4. The van der Waals surface area contributed by atoms with Crippen molar-refractivity contribution in [1.82, 2.24) is 25.9 Å². The number of aliphatic carboxylic acids is 1. The fourth-order valence-electron chi connectivity index (χ4n) is 5.29. The summed E-state index contributed by atoms with van der Waals surface area (Å²) in [5, 5.41) is 29.1. The molecular weight excluding hydrogens is 578 g/mol. The van der Waals surface area contributed by atoms with Crippen molar-refractivity contribution in [2.24, 2.45) is 11.5 Å². The number of aliphatic hydroxyl groups excluding tert-OH is 1. The molecule has 45 heavy (non-hydrogen) atoms. The lowest BCUT2D eigenvalue weighted by Gasteiger charge is -2.26. The van der Waals surface area contributed by atoms with Crippen LogP contribution in [0.1, 0.15) is 37.3 Å². The SMILES string of the molecule is CC(O)C(NC(=O)C(Cc1c[nH]c2ccccc12)NC(=O)C(Cc1c[nH]c2ccccc12)NC(=O)C(N)CCCCN)C(=O)O. The van der Waals surface area contributed by atoms with Gasteiger partial charge in [0, 0.05) is 47.0 Å². The molecule has 4 aromatic rings. The van der Waals surface area contributed by atoms with Crippen LogP contribution in [0.2, 0.25) is 0 Å². The summed E-state index contributed by atoms with van der Waals surface area (Å²) >= 11 is 0. The van der Waals surface area contributed by atoms with E-state index in [0.29, 0.717) is 31.4 Å². The maximum Gasteiger partial charge on any atom is 0.328 e. The first kappa shape index (κ1) is 33.2. The number of fused-ring (bicyclic) bond motifs is 2. The van der Waals surface area contributed by atoms with Crippen molar-refractivity contribution >= 4 is 45.5 Å². The second kappa shape index (κ2) is 15.3. The molecule has 0 saturated heterocycles. The lowest BCUT2D eigenvalue weighted by atomic mass is 10.0. The molecule has 4 rings (SSSR count). The highest BCUT2D eigenvalue weighted by Crippen LogP contribution is 2.21. The zero-order valence-electron chi connectivity index (χ0n) is 25.1. The van der Waals surface area contributed by atoms with E-state index in [1.807, 2.05) is 48.5 Å². The molecule has 2 heterocycles. The van der Waals surface area contributed by atoms with E-state index in [-0.39, 0.29) is 12.8 Å². The number of carboxylic acid groups (broad SMARTS) is 1. The van der Waals surface area contributed by atoms with E-state index in [9.17, 15) is 29.4 Å². The Hall–Kier alpha value is -4.72. The van der Waals surface area contributed by atoms with Gasteiger partial charge < -0.3 is 47.6 Å².